The first-order chi connectivity index (χ1) is 13.1. The minimum Gasteiger partial charge on any atom is -0.507 e. The van der Waals surface area contributed by atoms with E-state index in [-0.39, 0.29) is 11.7 Å². The van der Waals surface area contributed by atoms with Crippen molar-refractivity contribution in [1.29, 1.82) is 0 Å². The summed E-state index contributed by atoms with van der Waals surface area (Å²) < 4.78 is 16.0. The summed E-state index contributed by atoms with van der Waals surface area (Å²) in [7, 11) is 0. The summed E-state index contributed by atoms with van der Waals surface area (Å²) in [6.07, 6.45) is 4.99. The van der Waals surface area contributed by atoms with E-state index < -0.39 is 6.17 Å². The number of rotatable bonds is 4. The van der Waals surface area contributed by atoms with Crippen LogP contribution in [0.2, 0.25) is 0 Å². The van der Waals surface area contributed by atoms with Gasteiger partial charge >= 0.3 is 0 Å². The highest BCUT2D eigenvalue weighted by Crippen LogP contribution is 2.31. The Hall–Kier alpha value is -3.06. The molecule has 1 fully saturated rings. The lowest BCUT2D eigenvalue weighted by Crippen LogP contribution is -2.38. The quantitative estimate of drug-likeness (QED) is 0.743. The third-order valence-corrected chi connectivity index (χ3v) is 4.86. The molecule has 3 heterocycles. The summed E-state index contributed by atoms with van der Waals surface area (Å²) in [4.78, 5) is 4.30. The van der Waals surface area contributed by atoms with Gasteiger partial charge in [-0.1, -0.05) is 6.58 Å². The molecule has 1 aromatic carbocycles. The van der Waals surface area contributed by atoms with Gasteiger partial charge in [0.1, 0.15) is 17.6 Å². The van der Waals surface area contributed by atoms with Gasteiger partial charge in [0, 0.05) is 42.2 Å². The maximum Gasteiger partial charge on any atom is 0.177 e. The summed E-state index contributed by atoms with van der Waals surface area (Å²) in [5.74, 6) is 0.135. The van der Waals surface area contributed by atoms with Crippen LogP contribution in [0.5, 0.6) is 5.75 Å². The fraction of sp³-hybridized carbons (Fsp3) is 0.250. The van der Waals surface area contributed by atoms with Gasteiger partial charge in [0.15, 0.2) is 5.82 Å². The topological polar surface area (TPSA) is 75.9 Å². The van der Waals surface area contributed by atoms with Crippen LogP contribution in [0.1, 0.15) is 12.2 Å². The molecule has 2 N–H and O–H groups in total. The molecule has 4 rings (SSSR count). The lowest BCUT2D eigenvalue weighted by Gasteiger charge is -2.27. The molecule has 2 atom stereocenters. The van der Waals surface area contributed by atoms with Gasteiger partial charge < -0.3 is 15.0 Å². The van der Waals surface area contributed by atoms with Crippen LogP contribution in [0.25, 0.3) is 22.5 Å². The van der Waals surface area contributed by atoms with Crippen molar-refractivity contribution < 1.29 is 9.50 Å². The molecule has 6 nitrogen and oxygen atoms in total. The molecule has 0 saturated carbocycles. The van der Waals surface area contributed by atoms with Crippen LogP contribution >= 0.6 is 0 Å². The Labute approximate surface area is 156 Å². The molecule has 7 heteroatoms. The molecule has 27 heavy (non-hydrogen) atoms. The average molecular weight is 365 g/mol. The molecule has 0 amide bonds. The van der Waals surface area contributed by atoms with Gasteiger partial charge in [-0.2, -0.15) is 0 Å². The van der Waals surface area contributed by atoms with Crippen molar-refractivity contribution in [3.05, 3.63) is 61.3 Å². The van der Waals surface area contributed by atoms with E-state index in [1.165, 1.54) is 6.20 Å². The van der Waals surface area contributed by atoms with Crippen molar-refractivity contribution in [3.63, 3.8) is 0 Å². The first-order valence-electron chi connectivity index (χ1n) is 8.84. The van der Waals surface area contributed by atoms with Crippen LogP contribution in [0, 0.1) is 5.92 Å². The fourth-order valence-corrected chi connectivity index (χ4v) is 3.33. The van der Waals surface area contributed by atoms with E-state index in [9.17, 15) is 9.50 Å². The summed E-state index contributed by atoms with van der Waals surface area (Å²) >= 11 is 0. The van der Waals surface area contributed by atoms with E-state index in [0.717, 1.165) is 12.2 Å². The Bertz CT molecular complexity index is 940. The maximum absolute atomic E-state index is 14.1. The first kappa shape index (κ1) is 17.4. The molecular formula is C20H20FN5O. The Morgan fingerprint density at radius 1 is 1.26 bits per heavy atom. The highest BCUT2D eigenvalue weighted by molar-refractivity contribution is 5.68. The number of aromatic hydroxyl groups is 1. The number of alkyl halides is 1. The Morgan fingerprint density at radius 3 is 2.74 bits per heavy atom. The maximum atomic E-state index is 14.1. The van der Waals surface area contributed by atoms with Crippen molar-refractivity contribution >= 4 is 5.57 Å². The Morgan fingerprint density at radius 2 is 2.07 bits per heavy atom. The van der Waals surface area contributed by atoms with Crippen LogP contribution in [0.15, 0.2) is 55.5 Å². The molecule has 1 aliphatic rings. The van der Waals surface area contributed by atoms with Crippen LogP contribution in [-0.4, -0.2) is 44.1 Å². The second-order valence-corrected chi connectivity index (χ2v) is 6.60. The second kappa shape index (κ2) is 7.28. The summed E-state index contributed by atoms with van der Waals surface area (Å²) in [5, 5.41) is 21.7. The highest BCUT2D eigenvalue weighted by atomic mass is 19.1. The predicted octanol–water partition coefficient (Wildman–Crippen LogP) is 3.00. The average Bonchev–Trinajstić information content (AvgIpc) is 3.23. The van der Waals surface area contributed by atoms with Crippen molar-refractivity contribution in [2.24, 2.45) is 5.92 Å². The molecule has 2 aromatic heterocycles. The zero-order valence-electron chi connectivity index (χ0n) is 14.7. The van der Waals surface area contributed by atoms with E-state index in [1.54, 1.807) is 12.1 Å². The van der Waals surface area contributed by atoms with E-state index in [4.69, 9.17) is 0 Å². The van der Waals surface area contributed by atoms with Crippen molar-refractivity contribution in [2.75, 3.05) is 13.1 Å². The number of phenols is 1. The number of benzene rings is 1. The largest absolute Gasteiger partial charge is 0.507 e. The molecule has 1 aliphatic heterocycles. The van der Waals surface area contributed by atoms with Gasteiger partial charge in [0.05, 0.1) is 6.20 Å². The summed E-state index contributed by atoms with van der Waals surface area (Å²) in [6, 6.07) is 9.14. The van der Waals surface area contributed by atoms with E-state index in [0.29, 0.717) is 35.6 Å². The number of aromatic nitrogens is 4. The van der Waals surface area contributed by atoms with E-state index in [2.05, 4.69) is 27.1 Å². The molecule has 1 saturated heterocycles. The molecular weight excluding hydrogens is 345 g/mol. The number of halogens is 1. The Kier molecular flexibility index (Phi) is 4.68. The third-order valence-electron chi connectivity index (χ3n) is 4.86. The number of nitrogens with one attached hydrogen (secondary N) is 1. The highest BCUT2D eigenvalue weighted by Gasteiger charge is 2.28. The number of hydrogen-bond donors (Lipinski definition) is 2. The molecule has 0 spiro atoms. The van der Waals surface area contributed by atoms with Gasteiger partial charge in [0.2, 0.25) is 0 Å². The van der Waals surface area contributed by atoms with E-state index in [1.807, 2.05) is 35.2 Å². The minimum atomic E-state index is -1.00. The summed E-state index contributed by atoms with van der Waals surface area (Å²) in [5.41, 5.74) is 2.39. The van der Waals surface area contributed by atoms with Gasteiger partial charge in [-0.05, 0) is 42.8 Å². The van der Waals surface area contributed by atoms with E-state index >= 15 is 0 Å². The number of allylic oxidation sites excluding steroid dienone is 1. The number of phenolic OH excluding ortho intramolecular Hbond substituents is 1. The zero-order chi connectivity index (χ0) is 18.8. The normalized spacial score (nSPS) is 19.7. The van der Waals surface area contributed by atoms with Crippen LogP contribution < -0.4 is 5.32 Å². The summed E-state index contributed by atoms with van der Waals surface area (Å²) in [6.45, 7) is 5.04. The smallest absolute Gasteiger partial charge is 0.177 e. The van der Waals surface area contributed by atoms with Gasteiger partial charge in [-0.25, -0.2) is 9.37 Å². The third kappa shape index (κ3) is 3.46. The minimum absolute atomic E-state index is 0.0889. The molecule has 0 unspecified atom stereocenters. The van der Waals surface area contributed by atoms with Crippen molar-refractivity contribution in [1.82, 2.24) is 25.1 Å². The standard InChI is InChI=1S/C20H20FN5O/c1-13(15-6-7-22-11-17(15)21)20-23-12-18(24-25-20)16-5-4-14(10-19(16)27)26-8-2-3-9-26/h2-5,8-10,12,15,17,22,27H,1,6-7,11H2/t15-,17+/m1/s1. The first-order valence-corrected chi connectivity index (χ1v) is 8.84. The number of hydrogen-bond acceptors (Lipinski definition) is 5. The predicted molar refractivity (Wildman–Crippen MR) is 101 cm³/mol. The van der Waals surface area contributed by atoms with Crippen molar-refractivity contribution in [3.8, 4) is 22.7 Å². The second-order valence-electron chi connectivity index (χ2n) is 6.60. The van der Waals surface area contributed by atoms with Gasteiger partial charge in [-0.3, -0.25) is 0 Å². The van der Waals surface area contributed by atoms with Crippen LogP contribution in [0.3, 0.4) is 0 Å². The molecule has 3 aromatic rings. The van der Waals surface area contributed by atoms with Gasteiger partial charge in [0.25, 0.3) is 0 Å². The molecule has 0 aliphatic carbocycles. The lowest BCUT2D eigenvalue weighted by atomic mass is 9.89. The fourth-order valence-electron chi connectivity index (χ4n) is 3.33. The number of piperidine rings is 1. The lowest BCUT2D eigenvalue weighted by molar-refractivity contribution is 0.220. The molecule has 0 radical (unpaired) electrons. The van der Waals surface area contributed by atoms with Crippen LogP contribution in [-0.2, 0) is 0 Å². The number of nitrogens with zero attached hydrogens (tertiary/aromatic N) is 4. The monoisotopic (exact) mass is 365 g/mol. The van der Waals surface area contributed by atoms with Gasteiger partial charge in [-0.15, -0.1) is 10.2 Å². The SMILES string of the molecule is C=C(c1ncc(-c2ccc(-n3cccc3)cc2O)nn1)[C@H]1CCNC[C@@H]1F. The Balaban J connectivity index is 1.56. The van der Waals surface area contributed by atoms with Crippen molar-refractivity contribution in [2.45, 2.75) is 12.6 Å². The molecule has 0 bridgehead atoms. The van der Waals surface area contributed by atoms with Crippen LogP contribution in [0.4, 0.5) is 4.39 Å². The molecule has 138 valence electrons. The zero-order valence-corrected chi connectivity index (χ0v) is 14.7.